The molecule has 0 aliphatic heterocycles. The van der Waals surface area contributed by atoms with Crippen LogP contribution in [0.15, 0.2) is 78.9 Å². The molecule has 0 saturated heterocycles. The monoisotopic (exact) mass is 560 g/mol. The second-order valence-corrected chi connectivity index (χ2v) is 3.79. The zero-order valence-corrected chi connectivity index (χ0v) is 21.7. The minimum atomic E-state index is 0. The van der Waals surface area contributed by atoms with Crippen LogP contribution in [0.4, 0.5) is 11.4 Å². The third-order valence-corrected chi connectivity index (χ3v) is 2.36. The van der Waals surface area contributed by atoms with E-state index in [0.29, 0.717) is 0 Å². The fraction of sp³-hybridized carbons (Fsp3) is 0.0455. The molecule has 2 aromatic carbocycles. The van der Waals surface area contributed by atoms with Crippen molar-refractivity contribution in [3.8, 4) is 0 Å². The van der Waals surface area contributed by atoms with Crippen LogP contribution in [0.1, 0.15) is 6.42 Å². The number of hydrogen-bond acceptors (Lipinski definition) is 0. The largest absolute Gasteiger partial charge is 0.658 e. The molecule has 150 valence electrons. The summed E-state index contributed by atoms with van der Waals surface area (Å²) >= 11 is 0. The number of hydrogen-bond donors (Lipinski definition) is 0. The van der Waals surface area contributed by atoms with E-state index in [-0.39, 0.29) is 87.8 Å². The maximum Gasteiger partial charge on any atom is 0 e. The Morgan fingerprint density at radius 1 is 0.654 bits per heavy atom. The molecule has 0 atom stereocenters. The molecule has 0 aromatic heterocycles. The summed E-state index contributed by atoms with van der Waals surface area (Å²) in [6.45, 7) is 0. The van der Waals surface area contributed by atoms with Crippen molar-refractivity contribution < 1.29 is 25.8 Å². The fourth-order valence-electron chi connectivity index (χ4n) is 1.49. The molecule has 0 N–H and O–H groups in total. The van der Waals surface area contributed by atoms with E-state index in [0.717, 1.165) is 17.8 Å². The first kappa shape index (κ1) is 44.5. The van der Waals surface area contributed by atoms with Gasteiger partial charge in [-0.1, -0.05) is 60.7 Å². The Bertz CT molecular complexity index is 467. The SMILES string of the molecule is Cl.Cl.[C-]1=CC=CC1.[CH3-].[CH3-].[CH3-].[CH3-].[CH3-].[Hf].c1ccc([N-]c2ccccc2)cc1. The van der Waals surface area contributed by atoms with E-state index in [1.54, 1.807) is 0 Å². The van der Waals surface area contributed by atoms with Crippen LogP contribution < -0.4 is 0 Å². The zero-order chi connectivity index (χ0) is 12.5. The molecule has 0 saturated carbocycles. The fourth-order valence-corrected chi connectivity index (χ4v) is 1.49. The van der Waals surface area contributed by atoms with Gasteiger partial charge in [-0.25, -0.2) is 12.2 Å². The van der Waals surface area contributed by atoms with Gasteiger partial charge in [-0.3, -0.25) is 6.08 Å². The molecule has 0 spiro atoms. The molecule has 1 aliphatic rings. The molecule has 4 heteroatoms. The van der Waals surface area contributed by atoms with E-state index in [4.69, 9.17) is 0 Å². The number of allylic oxidation sites excluding steroid dienone is 4. The van der Waals surface area contributed by atoms with Crippen LogP contribution >= 0.6 is 24.8 Å². The van der Waals surface area contributed by atoms with E-state index in [9.17, 15) is 0 Å². The second kappa shape index (κ2) is 29.0. The smallest absolute Gasteiger partial charge is 0 e. The Morgan fingerprint density at radius 3 is 1.27 bits per heavy atom. The summed E-state index contributed by atoms with van der Waals surface area (Å²) in [7, 11) is 0. The topological polar surface area (TPSA) is 14.1 Å². The van der Waals surface area contributed by atoms with E-state index in [1.165, 1.54) is 0 Å². The normalized spacial score (nSPS) is 8.15. The Morgan fingerprint density at radius 2 is 1.04 bits per heavy atom. The summed E-state index contributed by atoms with van der Waals surface area (Å²) in [5, 5.41) is 4.44. The van der Waals surface area contributed by atoms with Crippen LogP contribution in [0.2, 0.25) is 0 Å². The predicted octanol–water partition coefficient (Wildman–Crippen LogP) is 8.42. The van der Waals surface area contributed by atoms with Gasteiger partial charge >= 0.3 is 0 Å². The van der Waals surface area contributed by atoms with Crippen molar-refractivity contribution in [2.75, 3.05) is 0 Å². The molecule has 0 heterocycles. The molecule has 0 radical (unpaired) electrons. The van der Waals surface area contributed by atoms with Crippen LogP contribution in [-0.2, 0) is 25.8 Å². The summed E-state index contributed by atoms with van der Waals surface area (Å²) in [4.78, 5) is 0. The first-order chi connectivity index (χ1) is 8.95. The number of benzene rings is 2. The standard InChI is InChI=1S/C12H10N.C5H5.5CH3.2ClH.Hf/c1-3-7-11(8-4-1)13-12-9-5-2-6-10-12;1-2-4-5-3-1;;;;;;;;/h1-10H;1-3H,4H2;5*1H3;2*1H;/q7*-1;;;. The van der Waals surface area contributed by atoms with Gasteiger partial charge in [0.25, 0.3) is 0 Å². The van der Waals surface area contributed by atoms with E-state index >= 15 is 0 Å². The molecule has 0 unspecified atom stereocenters. The molecule has 0 amide bonds. The minimum absolute atomic E-state index is 0. The van der Waals surface area contributed by atoms with Crippen molar-refractivity contribution in [1.82, 2.24) is 0 Å². The van der Waals surface area contributed by atoms with E-state index < -0.39 is 0 Å². The van der Waals surface area contributed by atoms with Crippen LogP contribution in [0.5, 0.6) is 0 Å². The van der Waals surface area contributed by atoms with Crippen LogP contribution in [0, 0.1) is 43.2 Å². The maximum absolute atomic E-state index is 4.44. The summed E-state index contributed by atoms with van der Waals surface area (Å²) in [6.07, 6.45) is 10.0. The van der Waals surface area contributed by atoms with Gasteiger partial charge in [-0.2, -0.15) is 6.08 Å². The van der Waals surface area contributed by atoms with Gasteiger partial charge in [0, 0.05) is 25.8 Å². The van der Waals surface area contributed by atoms with Gasteiger partial charge < -0.3 is 42.5 Å². The van der Waals surface area contributed by atoms with Crippen LogP contribution in [-0.4, -0.2) is 0 Å². The quantitative estimate of drug-likeness (QED) is 0.259. The van der Waals surface area contributed by atoms with Crippen molar-refractivity contribution in [1.29, 1.82) is 0 Å². The second-order valence-electron chi connectivity index (χ2n) is 3.79. The van der Waals surface area contributed by atoms with E-state index in [2.05, 4.69) is 17.5 Å². The van der Waals surface area contributed by atoms with Gasteiger partial charge in [0.1, 0.15) is 0 Å². The predicted molar refractivity (Wildman–Crippen MR) is 124 cm³/mol. The molecule has 1 nitrogen and oxygen atoms in total. The van der Waals surface area contributed by atoms with Crippen molar-refractivity contribution in [3.63, 3.8) is 0 Å². The molecule has 1 aliphatic carbocycles. The Labute approximate surface area is 195 Å². The minimum Gasteiger partial charge on any atom is -0.658 e. The third-order valence-electron chi connectivity index (χ3n) is 2.36. The zero-order valence-electron chi connectivity index (χ0n) is 16.5. The summed E-state index contributed by atoms with van der Waals surface area (Å²) < 4.78 is 0. The van der Waals surface area contributed by atoms with Crippen molar-refractivity contribution in [3.05, 3.63) is 127 Å². The molecular formula is C22H32Cl2HfN-7. The number of halogens is 2. The molecule has 0 fully saturated rings. The summed E-state index contributed by atoms with van der Waals surface area (Å²) in [6, 6.07) is 19.9. The number of nitrogens with zero attached hydrogens (tertiary/aromatic N) is 1. The summed E-state index contributed by atoms with van der Waals surface area (Å²) in [5.41, 5.74) is 1.99. The third kappa shape index (κ3) is 19.5. The Balaban J connectivity index is -0.0000000500. The van der Waals surface area contributed by atoms with Crippen molar-refractivity contribution in [2.24, 2.45) is 0 Å². The van der Waals surface area contributed by atoms with Gasteiger partial charge in [-0.15, -0.1) is 42.6 Å². The van der Waals surface area contributed by atoms with Gasteiger partial charge in [0.15, 0.2) is 0 Å². The Hall–Kier alpha value is -0.830. The van der Waals surface area contributed by atoms with Crippen molar-refractivity contribution in [2.45, 2.75) is 6.42 Å². The average molecular weight is 560 g/mol. The first-order valence-corrected chi connectivity index (χ1v) is 5.99. The van der Waals surface area contributed by atoms with E-state index in [1.807, 2.05) is 72.8 Å². The molecular weight excluding hydrogens is 528 g/mol. The summed E-state index contributed by atoms with van der Waals surface area (Å²) in [5.74, 6) is 0. The molecule has 2 aromatic rings. The first-order valence-electron chi connectivity index (χ1n) is 5.99. The Kier molecular flexibility index (Phi) is 49.6. The average Bonchev–Trinajstić information content (AvgIpc) is 3.00. The molecule has 3 rings (SSSR count). The molecule has 0 bridgehead atoms. The molecule has 26 heavy (non-hydrogen) atoms. The van der Waals surface area contributed by atoms with Crippen LogP contribution in [0.25, 0.3) is 5.32 Å². The van der Waals surface area contributed by atoms with Crippen LogP contribution in [0.3, 0.4) is 0 Å². The maximum atomic E-state index is 4.44. The number of para-hydroxylation sites is 2. The van der Waals surface area contributed by atoms with Gasteiger partial charge in [0.05, 0.1) is 0 Å². The van der Waals surface area contributed by atoms with Crippen molar-refractivity contribution >= 4 is 36.2 Å². The number of rotatable bonds is 2. The van der Waals surface area contributed by atoms with Gasteiger partial charge in [-0.05, 0) is 0 Å². The van der Waals surface area contributed by atoms with Gasteiger partial charge in [0.2, 0.25) is 0 Å².